The van der Waals surface area contributed by atoms with E-state index in [9.17, 15) is 0 Å². The summed E-state index contributed by atoms with van der Waals surface area (Å²) in [6, 6.07) is 0. The van der Waals surface area contributed by atoms with Crippen LogP contribution in [0.2, 0.25) is 0 Å². The van der Waals surface area contributed by atoms with Gasteiger partial charge >= 0.3 is 0 Å². The minimum absolute atomic E-state index is 1.13. The van der Waals surface area contributed by atoms with Crippen molar-refractivity contribution < 1.29 is 0 Å². The summed E-state index contributed by atoms with van der Waals surface area (Å²) in [6.45, 7) is 0. The molecule has 0 heterocycles. The highest BCUT2D eigenvalue weighted by Crippen LogP contribution is 2.51. The molecule has 18 heavy (non-hydrogen) atoms. The van der Waals surface area contributed by atoms with Gasteiger partial charge < -0.3 is 0 Å². The molecule has 2 heteroatoms. The van der Waals surface area contributed by atoms with Crippen LogP contribution in [-0.2, 0) is 0 Å². The van der Waals surface area contributed by atoms with E-state index in [0.717, 1.165) is 11.3 Å². The summed E-state index contributed by atoms with van der Waals surface area (Å²) in [5, 5.41) is 0. The molecule has 0 bridgehead atoms. The van der Waals surface area contributed by atoms with Crippen molar-refractivity contribution in [2.24, 2.45) is 0 Å². The molecule has 0 aromatic rings. The first-order chi connectivity index (χ1) is 8.95. The van der Waals surface area contributed by atoms with Crippen LogP contribution < -0.4 is 0 Å². The normalized spacial score (nSPS) is 27.3. The summed E-state index contributed by atoms with van der Waals surface area (Å²) in [7, 11) is 2.65. The molecule has 0 aromatic carbocycles. The zero-order chi connectivity index (χ0) is 12.5. The Labute approximate surface area is 118 Å². The Balaban J connectivity index is 1.64. The van der Waals surface area contributed by atoms with Crippen molar-refractivity contribution in [3.8, 4) is 0 Å². The van der Waals surface area contributed by atoms with Crippen LogP contribution in [0.4, 0.5) is 0 Å². The Kier molecular flexibility index (Phi) is 8.23. The molecule has 2 unspecified atom stereocenters. The smallest absolute Gasteiger partial charge is 0.0200 e. The highest BCUT2D eigenvalue weighted by molar-refractivity contribution is 8.12. The van der Waals surface area contributed by atoms with E-state index in [-0.39, 0.29) is 0 Å². The molecule has 2 saturated carbocycles. The second-order valence-corrected chi connectivity index (χ2v) is 10.3. The van der Waals surface area contributed by atoms with Gasteiger partial charge in [0, 0.05) is 0 Å². The second-order valence-electron chi connectivity index (χ2n) is 6.37. The van der Waals surface area contributed by atoms with Gasteiger partial charge in [0.25, 0.3) is 0 Å². The third-order valence-corrected chi connectivity index (χ3v) is 9.79. The van der Waals surface area contributed by atoms with Crippen LogP contribution in [0.3, 0.4) is 0 Å². The molecule has 0 amide bonds. The molecule has 0 saturated heterocycles. The SMILES string of the molecule is C1CCCC(PPC2CCCCCCC2)CCC1. The lowest BCUT2D eigenvalue weighted by Gasteiger charge is -2.24. The van der Waals surface area contributed by atoms with Crippen LogP contribution in [-0.4, -0.2) is 11.3 Å². The molecule has 2 aliphatic carbocycles. The van der Waals surface area contributed by atoms with Crippen LogP contribution in [0.1, 0.15) is 89.9 Å². The minimum atomic E-state index is 1.13. The Morgan fingerprint density at radius 1 is 0.389 bits per heavy atom. The topological polar surface area (TPSA) is 0 Å². The Bertz CT molecular complexity index is 167. The molecule has 0 nitrogen and oxygen atoms in total. The fraction of sp³-hybridized carbons (Fsp3) is 1.00. The van der Waals surface area contributed by atoms with Crippen molar-refractivity contribution in [1.29, 1.82) is 0 Å². The highest BCUT2D eigenvalue weighted by atomic mass is 32.0. The number of hydrogen-bond acceptors (Lipinski definition) is 0. The van der Waals surface area contributed by atoms with Gasteiger partial charge in [0.2, 0.25) is 0 Å². The van der Waals surface area contributed by atoms with Crippen molar-refractivity contribution in [3.05, 3.63) is 0 Å². The van der Waals surface area contributed by atoms with Gasteiger partial charge in [-0.15, -0.1) is 0 Å². The summed E-state index contributed by atoms with van der Waals surface area (Å²) < 4.78 is 0. The summed E-state index contributed by atoms with van der Waals surface area (Å²) in [5.74, 6) is 0. The van der Waals surface area contributed by atoms with Crippen molar-refractivity contribution >= 4 is 16.5 Å². The fourth-order valence-corrected chi connectivity index (χ4v) is 8.45. The predicted molar refractivity (Wildman–Crippen MR) is 88.8 cm³/mol. The van der Waals surface area contributed by atoms with Gasteiger partial charge in [-0.3, -0.25) is 0 Å². The summed E-state index contributed by atoms with van der Waals surface area (Å²) >= 11 is 0. The average Bonchev–Trinajstić information content (AvgIpc) is 2.29. The maximum absolute atomic E-state index is 1.57. The van der Waals surface area contributed by atoms with E-state index in [0.29, 0.717) is 0 Å². The standard InChI is InChI=1S/C16H32P2/c1-3-7-11-15(12-8-4-1)17-18-16-13-9-5-2-6-10-14-16/h15-18H,1-14H2. The maximum Gasteiger partial charge on any atom is -0.0200 e. The average molecular weight is 286 g/mol. The van der Waals surface area contributed by atoms with Crippen LogP contribution >= 0.6 is 16.5 Å². The molecule has 0 aliphatic heterocycles. The second kappa shape index (κ2) is 9.72. The highest BCUT2D eigenvalue weighted by Gasteiger charge is 2.15. The third kappa shape index (κ3) is 6.34. The maximum atomic E-state index is 1.57. The lowest BCUT2D eigenvalue weighted by Crippen LogP contribution is -2.06. The summed E-state index contributed by atoms with van der Waals surface area (Å²) in [6.07, 6.45) is 21.5. The van der Waals surface area contributed by atoms with Crippen molar-refractivity contribution in [2.45, 2.75) is 101 Å². The van der Waals surface area contributed by atoms with E-state index in [2.05, 4.69) is 0 Å². The molecule has 0 radical (unpaired) electrons. The van der Waals surface area contributed by atoms with Crippen LogP contribution in [0, 0.1) is 0 Å². The first-order valence-corrected chi connectivity index (χ1v) is 11.6. The van der Waals surface area contributed by atoms with Gasteiger partial charge in [0.1, 0.15) is 0 Å². The monoisotopic (exact) mass is 286 g/mol. The van der Waals surface area contributed by atoms with Gasteiger partial charge in [-0.2, -0.15) is 0 Å². The van der Waals surface area contributed by atoms with Gasteiger partial charge in [-0.25, -0.2) is 0 Å². The quantitative estimate of drug-likeness (QED) is 0.520. The van der Waals surface area contributed by atoms with E-state index in [1.54, 1.807) is 25.7 Å². The number of hydrogen-bond donors (Lipinski definition) is 0. The van der Waals surface area contributed by atoms with Gasteiger partial charge in [0.05, 0.1) is 0 Å². The van der Waals surface area contributed by atoms with E-state index < -0.39 is 0 Å². The molecule has 0 N–H and O–H groups in total. The van der Waals surface area contributed by atoms with Crippen molar-refractivity contribution in [2.75, 3.05) is 0 Å². The molecular formula is C16H32P2. The fourth-order valence-electron chi connectivity index (χ4n) is 3.44. The molecule has 2 rings (SSSR count). The van der Waals surface area contributed by atoms with Crippen LogP contribution in [0.15, 0.2) is 0 Å². The Morgan fingerprint density at radius 3 is 1.00 bits per heavy atom. The number of rotatable bonds is 3. The molecule has 0 aromatic heterocycles. The zero-order valence-electron chi connectivity index (χ0n) is 12.1. The van der Waals surface area contributed by atoms with E-state index >= 15 is 0 Å². The van der Waals surface area contributed by atoms with Gasteiger partial charge in [-0.1, -0.05) is 80.7 Å². The predicted octanol–water partition coefficient (Wildman–Crippen LogP) is 6.48. The van der Waals surface area contributed by atoms with Crippen LogP contribution in [0.5, 0.6) is 0 Å². The Hall–Kier alpha value is 0.860. The summed E-state index contributed by atoms with van der Waals surface area (Å²) in [5.41, 5.74) is 2.27. The Morgan fingerprint density at radius 2 is 0.667 bits per heavy atom. The molecule has 2 atom stereocenters. The lowest BCUT2D eigenvalue weighted by molar-refractivity contribution is 0.509. The molecule has 2 fully saturated rings. The summed E-state index contributed by atoms with van der Waals surface area (Å²) in [4.78, 5) is 0. The first-order valence-electron chi connectivity index (χ1n) is 8.46. The van der Waals surface area contributed by atoms with Crippen molar-refractivity contribution in [3.63, 3.8) is 0 Å². The first kappa shape index (κ1) is 15.3. The van der Waals surface area contributed by atoms with E-state index in [1.807, 2.05) is 0 Å². The van der Waals surface area contributed by atoms with E-state index in [4.69, 9.17) is 0 Å². The van der Waals surface area contributed by atoms with Gasteiger partial charge in [-0.05, 0) is 37.0 Å². The van der Waals surface area contributed by atoms with E-state index in [1.165, 1.54) is 80.7 Å². The lowest BCUT2D eigenvalue weighted by atomic mass is 10.0. The molecule has 2 aliphatic rings. The minimum Gasteiger partial charge on any atom is -0.0958 e. The molecule has 0 spiro atoms. The molecule has 106 valence electrons. The van der Waals surface area contributed by atoms with Gasteiger partial charge in [0.15, 0.2) is 0 Å². The zero-order valence-corrected chi connectivity index (χ0v) is 14.1. The van der Waals surface area contributed by atoms with Crippen molar-refractivity contribution in [1.82, 2.24) is 0 Å². The largest absolute Gasteiger partial charge is 0.0958 e. The molecular weight excluding hydrogens is 254 g/mol. The van der Waals surface area contributed by atoms with Crippen LogP contribution in [0.25, 0.3) is 0 Å². The third-order valence-electron chi connectivity index (χ3n) is 4.70.